The first kappa shape index (κ1) is 16.1. The van der Waals surface area contributed by atoms with E-state index in [4.69, 9.17) is 27.9 Å². The number of halogens is 2. The van der Waals surface area contributed by atoms with Crippen molar-refractivity contribution in [1.82, 2.24) is 10.3 Å². The Morgan fingerprint density at radius 2 is 1.95 bits per heavy atom. The van der Waals surface area contributed by atoms with Crippen LogP contribution in [0.15, 0.2) is 36.5 Å². The van der Waals surface area contributed by atoms with Crippen LogP contribution in [0.25, 0.3) is 0 Å². The third kappa shape index (κ3) is 4.10. The van der Waals surface area contributed by atoms with E-state index in [2.05, 4.69) is 17.2 Å². The molecular formula is C16H18Cl2N2O. The minimum atomic E-state index is -0.0689. The van der Waals surface area contributed by atoms with Gasteiger partial charge in [-0.2, -0.15) is 0 Å². The lowest BCUT2D eigenvalue weighted by Gasteiger charge is -2.20. The van der Waals surface area contributed by atoms with Crippen molar-refractivity contribution < 1.29 is 4.74 Å². The number of pyridine rings is 1. The summed E-state index contributed by atoms with van der Waals surface area (Å²) in [6.45, 7) is 2.99. The Bertz CT molecular complexity index is 587. The highest BCUT2D eigenvalue weighted by Gasteiger charge is 2.18. The maximum atomic E-state index is 6.30. The number of hydrogen-bond acceptors (Lipinski definition) is 3. The molecule has 3 nitrogen and oxygen atoms in total. The zero-order chi connectivity index (χ0) is 15.2. The molecular weight excluding hydrogens is 307 g/mol. The van der Waals surface area contributed by atoms with Gasteiger partial charge in [-0.3, -0.25) is 4.98 Å². The summed E-state index contributed by atoms with van der Waals surface area (Å²) in [5.41, 5.74) is 1.86. The summed E-state index contributed by atoms with van der Waals surface area (Å²) < 4.78 is 5.20. The Morgan fingerprint density at radius 3 is 2.52 bits per heavy atom. The maximum Gasteiger partial charge on any atom is 0.118 e. The smallest absolute Gasteiger partial charge is 0.118 e. The van der Waals surface area contributed by atoms with Gasteiger partial charge in [-0.05, 0) is 36.7 Å². The van der Waals surface area contributed by atoms with E-state index in [1.165, 1.54) is 0 Å². The molecule has 0 radical (unpaired) electrons. The monoisotopic (exact) mass is 324 g/mol. The van der Waals surface area contributed by atoms with Crippen LogP contribution in [-0.2, 0) is 0 Å². The summed E-state index contributed by atoms with van der Waals surface area (Å²) in [5, 5.41) is 4.57. The van der Waals surface area contributed by atoms with Crippen LogP contribution < -0.4 is 10.1 Å². The number of nitrogens with one attached hydrogen (secondary N) is 1. The highest BCUT2D eigenvalue weighted by molar-refractivity contribution is 6.34. The van der Waals surface area contributed by atoms with Crippen molar-refractivity contribution in [1.29, 1.82) is 0 Å². The maximum absolute atomic E-state index is 6.30. The molecule has 0 aliphatic heterocycles. The van der Waals surface area contributed by atoms with Crippen molar-refractivity contribution in [2.24, 2.45) is 0 Å². The van der Waals surface area contributed by atoms with Crippen LogP contribution in [0, 0.1) is 0 Å². The normalized spacial score (nSPS) is 12.2. The van der Waals surface area contributed by atoms with Crippen molar-refractivity contribution in [2.45, 2.75) is 19.4 Å². The van der Waals surface area contributed by atoms with Crippen LogP contribution in [0.1, 0.15) is 30.6 Å². The second kappa shape index (κ2) is 7.64. The van der Waals surface area contributed by atoms with Gasteiger partial charge in [-0.1, -0.05) is 42.3 Å². The molecule has 1 unspecified atom stereocenters. The second-order valence-electron chi connectivity index (χ2n) is 4.68. The number of rotatable bonds is 6. The van der Waals surface area contributed by atoms with Crippen molar-refractivity contribution in [3.8, 4) is 5.75 Å². The van der Waals surface area contributed by atoms with Gasteiger partial charge in [0.2, 0.25) is 0 Å². The third-order valence-corrected chi connectivity index (χ3v) is 3.67. The molecule has 0 fully saturated rings. The fraction of sp³-hybridized carbons (Fsp3) is 0.312. The molecule has 112 valence electrons. The third-order valence-electron chi connectivity index (χ3n) is 3.16. The van der Waals surface area contributed by atoms with E-state index in [9.17, 15) is 0 Å². The van der Waals surface area contributed by atoms with E-state index in [-0.39, 0.29) is 6.04 Å². The van der Waals surface area contributed by atoms with E-state index in [0.717, 1.165) is 30.0 Å². The summed E-state index contributed by atoms with van der Waals surface area (Å²) in [4.78, 5) is 4.39. The number of benzene rings is 1. The molecule has 1 atom stereocenters. The fourth-order valence-electron chi connectivity index (χ4n) is 2.09. The van der Waals surface area contributed by atoms with E-state index >= 15 is 0 Å². The molecule has 5 heteroatoms. The molecule has 0 spiro atoms. The largest absolute Gasteiger partial charge is 0.497 e. The predicted octanol–water partition coefficient (Wildman–Crippen LogP) is 4.49. The number of hydrogen-bond donors (Lipinski definition) is 1. The van der Waals surface area contributed by atoms with Gasteiger partial charge in [0.1, 0.15) is 5.75 Å². The van der Waals surface area contributed by atoms with Crippen LogP contribution in [0.3, 0.4) is 0 Å². The van der Waals surface area contributed by atoms with Gasteiger partial charge < -0.3 is 10.1 Å². The molecule has 0 saturated carbocycles. The van der Waals surface area contributed by atoms with E-state index < -0.39 is 0 Å². The quantitative estimate of drug-likeness (QED) is 0.850. The summed E-state index contributed by atoms with van der Waals surface area (Å²) in [7, 11) is 1.65. The number of nitrogens with zero attached hydrogens (tertiary/aromatic N) is 1. The summed E-state index contributed by atoms with van der Waals surface area (Å²) in [6.07, 6.45) is 2.64. The molecule has 0 bridgehead atoms. The van der Waals surface area contributed by atoms with Crippen molar-refractivity contribution in [3.05, 3.63) is 57.8 Å². The molecule has 0 amide bonds. The van der Waals surface area contributed by atoms with Crippen LogP contribution in [0.5, 0.6) is 5.75 Å². The Balaban J connectivity index is 2.36. The fourth-order valence-corrected chi connectivity index (χ4v) is 2.58. The molecule has 1 aromatic heterocycles. The lowest BCUT2D eigenvalue weighted by atomic mass is 10.0. The SMILES string of the molecule is CCCNC(c1ccc(OC)cc1)c1ncc(Cl)cc1Cl. The van der Waals surface area contributed by atoms with E-state index in [1.807, 2.05) is 24.3 Å². The summed E-state index contributed by atoms with van der Waals surface area (Å²) >= 11 is 12.2. The average molecular weight is 325 g/mol. The number of ether oxygens (including phenoxy) is 1. The Labute approximate surface area is 135 Å². The van der Waals surface area contributed by atoms with Gasteiger partial charge in [-0.25, -0.2) is 0 Å². The molecule has 2 rings (SSSR count). The van der Waals surface area contributed by atoms with Gasteiger partial charge in [0.05, 0.1) is 28.9 Å². The Hall–Kier alpha value is -1.29. The molecule has 2 aromatic rings. The van der Waals surface area contributed by atoms with Gasteiger partial charge >= 0.3 is 0 Å². The molecule has 0 aliphatic carbocycles. The molecule has 21 heavy (non-hydrogen) atoms. The van der Waals surface area contributed by atoms with Crippen LogP contribution in [-0.4, -0.2) is 18.6 Å². The van der Waals surface area contributed by atoms with Crippen molar-refractivity contribution >= 4 is 23.2 Å². The average Bonchev–Trinajstić information content (AvgIpc) is 2.50. The number of aromatic nitrogens is 1. The highest BCUT2D eigenvalue weighted by Crippen LogP contribution is 2.29. The Kier molecular flexibility index (Phi) is 5.85. The zero-order valence-electron chi connectivity index (χ0n) is 12.1. The van der Waals surface area contributed by atoms with Gasteiger partial charge in [0, 0.05) is 6.20 Å². The molecule has 0 aliphatic rings. The van der Waals surface area contributed by atoms with Crippen LogP contribution >= 0.6 is 23.2 Å². The topological polar surface area (TPSA) is 34.1 Å². The zero-order valence-corrected chi connectivity index (χ0v) is 13.6. The Morgan fingerprint density at radius 1 is 1.24 bits per heavy atom. The second-order valence-corrected chi connectivity index (χ2v) is 5.52. The van der Waals surface area contributed by atoms with E-state index in [0.29, 0.717) is 10.0 Å². The molecule has 1 heterocycles. The summed E-state index contributed by atoms with van der Waals surface area (Å²) in [5.74, 6) is 0.822. The van der Waals surface area contributed by atoms with Gasteiger partial charge in [-0.15, -0.1) is 0 Å². The lowest BCUT2D eigenvalue weighted by molar-refractivity contribution is 0.414. The minimum absolute atomic E-state index is 0.0689. The van der Waals surface area contributed by atoms with Crippen molar-refractivity contribution in [3.63, 3.8) is 0 Å². The first-order valence-corrected chi connectivity index (χ1v) is 7.59. The first-order chi connectivity index (χ1) is 10.2. The van der Waals surface area contributed by atoms with Gasteiger partial charge in [0.25, 0.3) is 0 Å². The standard InChI is InChI=1S/C16H18Cl2N2O/c1-3-8-19-15(11-4-6-13(21-2)7-5-11)16-14(18)9-12(17)10-20-16/h4-7,9-10,15,19H,3,8H2,1-2H3. The highest BCUT2D eigenvalue weighted by atomic mass is 35.5. The lowest BCUT2D eigenvalue weighted by Crippen LogP contribution is -2.24. The summed E-state index contributed by atoms with van der Waals surface area (Å²) in [6, 6.07) is 9.54. The molecule has 1 aromatic carbocycles. The van der Waals surface area contributed by atoms with Gasteiger partial charge in [0.15, 0.2) is 0 Å². The van der Waals surface area contributed by atoms with Crippen LogP contribution in [0.4, 0.5) is 0 Å². The molecule has 1 N–H and O–H groups in total. The van der Waals surface area contributed by atoms with E-state index in [1.54, 1.807) is 19.4 Å². The number of methoxy groups -OCH3 is 1. The predicted molar refractivity (Wildman–Crippen MR) is 87.4 cm³/mol. The molecule has 0 saturated heterocycles. The van der Waals surface area contributed by atoms with Crippen LogP contribution in [0.2, 0.25) is 10.0 Å². The van der Waals surface area contributed by atoms with Crippen molar-refractivity contribution in [2.75, 3.05) is 13.7 Å². The minimum Gasteiger partial charge on any atom is -0.497 e. The first-order valence-electron chi connectivity index (χ1n) is 6.84.